The summed E-state index contributed by atoms with van der Waals surface area (Å²) in [5.74, 6) is 0.337. The fourth-order valence-corrected chi connectivity index (χ4v) is 3.95. The van der Waals surface area contributed by atoms with Crippen molar-refractivity contribution in [2.45, 2.75) is 36.6 Å². The average molecular weight is 344 g/mol. The number of nitrogens with two attached hydrogens (primary N) is 1. The van der Waals surface area contributed by atoms with Crippen molar-refractivity contribution in [1.82, 2.24) is 5.32 Å². The van der Waals surface area contributed by atoms with Crippen molar-refractivity contribution in [3.05, 3.63) is 59.4 Å². The smallest absolute Gasteiger partial charge is 0.221 e. The van der Waals surface area contributed by atoms with Gasteiger partial charge in [-0.1, -0.05) is 18.2 Å². The van der Waals surface area contributed by atoms with E-state index in [0.717, 1.165) is 24.9 Å². The molecule has 0 aliphatic heterocycles. The summed E-state index contributed by atoms with van der Waals surface area (Å²) in [7, 11) is 0. The van der Waals surface area contributed by atoms with E-state index in [1.807, 2.05) is 18.2 Å². The molecule has 0 spiro atoms. The van der Waals surface area contributed by atoms with Crippen molar-refractivity contribution in [2.24, 2.45) is 0 Å². The molecule has 1 unspecified atom stereocenters. The second-order valence-corrected chi connectivity index (χ2v) is 7.14. The van der Waals surface area contributed by atoms with E-state index in [1.165, 1.54) is 29.0 Å². The molecular weight excluding hydrogens is 323 g/mol. The number of hydrogen-bond acceptors (Lipinski definition) is 3. The van der Waals surface area contributed by atoms with Gasteiger partial charge in [-0.25, -0.2) is 4.39 Å². The number of rotatable bonds is 5. The van der Waals surface area contributed by atoms with Crippen LogP contribution in [0, 0.1) is 5.82 Å². The maximum absolute atomic E-state index is 13.6. The normalized spacial score (nSPS) is 16.5. The molecule has 24 heavy (non-hydrogen) atoms. The summed E-state index contributed by atoms with van der Waals surface area (Å²) in [4.78, 5) is 12.8. The lowest BCUT2D eigenvalue weighted by Crippen LogP contribution is -2.31. The molecule has 0 bridgehead atoms. The number of anilines is 1. The number of carbonyl (C=O) groups is 1. The van der Waals surface area contributed by atoms with Gasteiger partial charge in [-0.15, -0.1) is 11.8 Å². The lowest BCUT2D eigenvalue weighted by Gasteiger charge is -2.26. The van der Waals surface area contributed by atoms with Gasteiger partial charge in [0.25, 0.3) is 0 Å². The molecule has 0 aromatic heterocycles. The van der Waals surface area contributed by atoms with Crippen LogP contribution in [0.3, 0.4) is 0 Å². The third kappa shape index (κ3) is 4.09. The predicted octanol–water partition coefficient (Wildman–Crippen LogP) is 4.08. The molecule has 1 atom stereocenters. The van der Waals surface area contributed by atoms with Gasteiger partial charge < -0.3 is 11.1 Å². The molecule has 0 saturated heterocycles. The third-order valence-corrected chi connectivity index (χ3v) is 5.29. The Bertz CT molecular complexity index is 735. The molecule has 0 radical (unpaired) electrons. The molecule has 0 heterocycles. The summed E-state index contributed by atoms with van der Waals surface area (Å²) < 4.78 is 13.6. The Morgan fingerprint density at radius 1 is 1.29 bits per heavy atom. The van der Waals surface area contributed by atoms with E-state index in [9.17, 15) is 9.18 Å². The number of halogens is 1. The number of nitrogens with one attached hydrogen (secondary N) is 1. The van der Waals surface area contributed by atoms with Crippen molar-refractivity contribution in [1.29, 1.82) is 0 Å². The quantitative estimate of drug-likeness (QED) is 0.635. The second kappa shape index (κ2) is 7.71. The first-order valence-corrected chi connectivity index (χ1v) is 9.17. The maximum Gasteiger partial charge on any atom is 0.221 e. The Hall–Kier alpha value is -2.01. The van der Waals surface area contributed by atoms with Crippen LogP contribution < -0.4 is 11.1 Å². The van der Waals surface area contributed by atoms with Gasteiger partial charge in [-0.3, -0.25) is 4.79 Å². The molecule has 0 saturated carbocycles. The summed E-state index contributed by atoms with van der Waals surface area (Å²) in [5, 5.41) is 3.11. The van der Waals surface area contributed by atoms with Crippen LogP contribution in [-0.4, -0.2) is 11.7 Å². The summed E-state index contributed by atoms with van der Waals surface area (Å²) in [5.41, 5.74) is 9.01. The van der Waals surface area contributed by atoms with Gasteiger partial charge in [0.05, 0.1) is 6.04 Å². The van der Waals surface area contributed by atoms with E-state index in [-0.39, 0.29) is 17.8 Å². The largest absolute Gasteiger partial charge is 0.399 e. The number of benzene rings is 2. The minimum Gasteiger partial charge on any atom is -0.399 e. The zero-order chi connectivity index (χ0) is 16.9. The Kier molecular flexibility index (Phi) is 5.41. The minimum atomic E-state index is -0.235. The highest BCUT2D eigenvalue weighted by molar-refractivity contribution is 7.99. The molecule has 126 valence electrons. The van der Waals surface area contributed by atoms with E-state index in [0.29, 0.717) is 17.1 Å². The zero-order valence-electron chi connectivity index (χ0n) is 13.4. The molecule has 1 aliphatic carbocycles. The first kappa shape index (κ1) is 16.8. The van der Waals surface area contributed by atoms with E-state index in [2.05, 4.69) is 5.32 Å². The molecular formula is C19H21FN2OS. The predicted molar refractivity (Wildman–Crippen MR) is 96.4 cm³/mol. The third-order valence-electron chi connectivity index (χ3n) is 4.24. The van der Waals surface area contributed by atoms with Crippen LogP contribution in [0.25, 0.3) is 0 Å². The number of thioether (sulfide) groups is 1. The maximum atomic E-state index is 13.6. The number of carbonyl (C=O) groups excluding carboxylic acids is 1. The molecule has 1 aliphatic rings. The van der Waals surface area contributed by atoms with Crippen LogP contribution >= 0.6 is 11.8 Å². The van der Waals surface area contributed by atoms with Crippen LogP contribution in [-0.2, 0) is 11.2 Å². The fraction of sp³-hybridized carbons (Fsp3) is 0.316. The fourth-order valence-electron chi connectivity index (χ4n) is 3.07. The average Bonchev–Trinajstić information content (AvgIpc) is 2.56. The van der Waals surface area contributed by atoms with Crippen molar-refractivity contribution >= 4 is 23.4 Å². The zero-order valence-corrected chi connectivity index (χ0v) is 14.2. The van der Waals surface area contributed by atoms with Crippen LogP contribution in [0.1, 0.15) is 36.4 Å². The van der Waals surface area contributed by atoms with E-state index < -0.39 is 0 Å². The molecule has 5 heteroatoms. The highest BCUT2D eigenvalue weighted by atomic mass is 32.2. The van der Waals surface area contributed by atoms with Gasteiger partial charge in [0.1, 0.15) is 5.82 Å². The van der Waals surface area contributed by atoms with E-state index in [1.54, 1.807) is 18.2 Å². The highest BCUT2D eigenvalue weighted by Crippen LogP contribution is 2.31. The van der Waals surface area contributed by atoms with Crippen LogP contribution in [0.4, 0.5) is 10.1 Å². The molecule has 0 fully saturated rings. The van der Waals surface area contributed by atoms with Crippen LogP contribution in [0.5, 0.6) is 0 Å². The minimum absolute atomic E-state index is 0.00788. The Labute approximate surface area is 145 Å². The van der Waals surface area contributed by atoms with Crippen LogP contribution in [0.2, 0.25) is 0 Å². The lowest BCUT2D eigenvalue weighted by molar-refractivity contribution is -0.121. The van der Waals surface area contributed by atoms with Gasteiger partial charge in [0.15, 0.2) is 0 Å². The standard InChI is InChI=1S/C19H21FN2OS/c20-16-5-1-2-7-18(16)24-11-10-19(23)22-17-6-3-4-13-12-14(21)8-9-15(13)17/h1-2,5,7-9,12,17H,3-4,6,10-11,21H2,(H,22,23). The van der Waals surface area contributed by atoms with Gasteiger partial charge in [0.2, 0.25) is 5.91 Å². The molecule has 3 rings (SSSR count). The number of amides is 1. The number of nitrogen functional groups attached to an aromatic ring is 1. The molecule has 1 amide bonds. The summed E-state index contributed by atoms with van der Waals surface area (Å²) in [6.07, 6.45) is 3.38. The monoisotopic (exact) mass is 344 g/mol. The first-order valence-electron chi connectivity index (χ1n) is 8.18. The van der Waals surface area contributed by atoms with Crippen molar-refractivity contribution in [3.8, 4) is 0 Å². The Morgan fingerprint density at radius 3 is 2.96 bits per heavy atom. The summed E-state index contributed by atoms with van der Waals surface area (Å²) >= 11 is 1.37. The number of hydrogen-bond donors (Lipinski definition) is 2. The van der Waals surface area contributed by atoms with Gasteiger partial charge >= 0.3 is 0 Å². The summed E-state index contributed by atoms with van der Waals surface area (Å²) in [6, 6.07) is 12.6. The van der Waals surface area contributed by atoms with Crippen LogP contribution in [0.15, 0.2) is 47.4 Å². The van der Waals surface area contributed by atoms with Crippen molar-refractivity contribution in [2.75, 3.05) is 11.5 Å². The number of fused-ring (bicyclic) bond motifs is 1. The van der Waals surface area contributed by atoms with E-state index in [4.69, 9.17) is 5.73 Å². The first-order chi connectivity index (χ1) is 11.6. The SMILES string of the molecule is Nc1ccc2c(c1)CCCC2NC(=O)CCSc1ccccc1F. The topological polar surface area (TPSA) is 55.1 Å². The molecule has 3 N–H and O–H groups in total. The van der Waals surface area contributed by atoms with E-state index >= 15 is 0 Å². The Morgan fingerprint density at radius 2 is 2.12 bits per heavy atom. The second-order valence-electron chi connectivity index (χ2n) is 6.00. The summed E-state index contributed by atoms with van der Waals surface area (Å²) in [6.45, 7) is 0. The molecule has 2 aromatic rings. The van der Waals surface area contributed by atoms with Gasteiger partial charge in [-0.05, 0) is 54.7 Å². The molecule has 2 aromatic carbocycles. The van der Waals surface area contributed by atoms with Crippen molar-refractivity contribution < 1.29 is 9.18 Å². The Balaban J connectivity index is 1.54. The molecule has 3 nitrogen and oxygen atoms in total. The van der Waals surface area contributed by atoms with Gasteiger partial charge in [-0.2, -0.15) is 0 Å². The lowest BCUT2D eigenvalue weighted by atomic mass is 9.87. The van der Waals surface area contributed by atoms with Gasteiger partial charge in [0, 0.05) is 22.8 Å². The number of aryl methyl sites for hydroxylation is 1. The highest BCUT2D eigenvalue weighted by Gasteiger charge is 2.21. The van der Waals surface area contributed by atoms with Crippen molar-refractivity contribution in [3.63, 3.8) is 0 Å².